The van der Waals surface area contributed by atoms with Gasteiger partial charge in [0.1, 0.15) is 0 Å². The van der Waals surface area contributed by atoms with Crippen molar-refractivity contribution in [3.8, 4) is 0 Å². The van der Waals surface area contributed by atoms with E-state index in [0.717, 1.165) is 32.1 Å². The molecule has 3 nitrogen and oxygen atoms in total. The van der Waals surface area contributed by atoms with Crippen LogP contribution in [0.4, 0.5) is 0 Å². The maximum Gasteiger partial charge on any atom is 0.193 e. The minimum Gasteiger partial charge on any atom is -0.356 e. The van der Waals surface area contributed by atoms with Gasteiger partial charge in [-0.05, 0) is 12.0 Å². The summed E-state index contributed by atoms with van der Waals surface area (Å²) in [6.07, 6.45) is 1.22. The Bertz CT molecular complexity index is 385. The van der Waals surface area contributed by atoms with Crippen LogP contribution in [0.2, 0.25) is 0 Å². The quantitative estimate of drug-likeness (QED) is 0.767. The lowest BCUT2D eigenvalue weighted by Gasteiger charge is -2.37. The summed E-state index contributed by atoms with van der Waals surface area (Å²) >= 11 is 0. The number of rotatable bonds is 1. The first-order valence-electron chi connectivity index (χ1n) is 6.02. The Hall–Kier alpha value is -1.51. The number of benzene rings is 1. The summed E-state index contributed by atoms with van der Waals surface area (Å²) in [5, 5.41) is 3.37. The summed E-state index contributed by atoms with van der Waals surface area (Å²) in [5.74, 6) is 1.67. The fraction of sp³-hybridized carbons (Fsp3) is 0.462. The summed E-state index contributed by atoms with van der Waals surface area (Å²) in [5.41, 5.74) is 1.41. The molecule has 1 unspecified atom stereocenters. The highest BCUT2D eigenvalue weighted by Gasteiger charge is 2.25. The van der Waals surface area contributed by atoms with Crippen molar-refractivity contribution >= 4 is 5.96 Å². The second kappa shape index (κ2) is 4.16. The van der Waals surface area contributed by atoms with Gasteiger partial charge in [0.05, 0.1) is 6.54 Å². The number of guanidine groups is 1. The molecule has 1 saturated heterocycles. The minimum atomic E-state index is 0.560. The lowest BCUT2D eigenvalue weighted by atomic mass is 9.97. The fourth-order valence-electron chi connectivity index (χ4n) is 2.48. The van der Waals surface area contributed by atoms with Gasteiger partial charge in [-0.1, -0.05) is 30.3 Å². The number of hydrogen-bond donors (Lipinski definition) is 1. The highest BCUT2D eigenvalue weighted by atomic mass is 15.3. The Balaban J connectivity index is 1.79. The average Bonchev–Trinajstić information content (AvgIpc) is 2.39. The standard InChI is InChI=1S/C13H17N3/c1-2-5-11(6-3-1)12-9-15-13-14-7-4-8-16(13)10-12/h1-3,5-6,12H,4,7-10H2,(H,14,15). The van der Waals surface area contributed by atoms with Gasteiger partial charge in [0.15, 0.2) is 5.96 Å². The van der Waals surface area contributed by atoms with E-state index in [2.05, 4.69) is 45.5 Å². The van der Waals surface area contributed by atoms with Crippen molar-refractivity contribution in [2.75, 3.05) is 26.2 Å². The molecule has 1 atom stereocenters. The van der Waals surface area contributed by atoms with Gasteiger partial charge in [-0.25, -0.2) is 0 Å². The molecule has 1 aromatic carbocycles. The Labute approximate surface area is 96.2 Å². The van der Waals surface area contributed by atoms with Crippen molar-refractivity contribution in [1.82, 2.24) is 10.2 Å². The first-order chi connectivity index (χ1) is 7.93. The summed E-state index contributed by atoms with van der Waals surface area (Å²) in [7, 11) is 0. The van der Waals surface area contributed by atoms with Crippen molar-refractivity contribution in [2.45, 2.75) is 12.3 Å². The smallest absolute Gasteiger partial charge is 0.193 e. The van der Waals surface area contributed by atoms with Gasteiger partial charge in [0.2, 0.25) is 0 Å². The van der Waals surface area contributed by atoms with Crippen LogP contribution in [0.1, 0.15) is 17.9 Å². The molecule has 3 heteroatoms. The van der Waals surface area contributed by atoms with Crippen LogP contribution in [0.5, 0.6) is 0 Å². The topological polar surface area (TPSA) is 27.6 Å². The van der Waals surface area contributed by atoms with E-state index in [1.54, 1.807) is 0 Å². The van der Waals surface area contributed by atoms with E-state index in [4.69, 9.17) is 0 Å². The van der Waals surface area contributed by atoms with Gasteiger partial charge in [0.25, 0.3) is 0 Å². The van der Waals surface area contributed by atoms with Crippen LogP contribution in [-0.2, 0) is 0 Å². The monoisotopic (exact) mass is 215 g/mol. The molecule has 1 fully saturated rings. The van der Waals surface area contributed by atoms with Crippen molar-refractivity contribution in [3.63, 3.8) is 0 Å². The number of nitrogens with zero attached hydrogens (tertiary/aromatic N) is 2. The molecular weight excluding hydrogens is 198 g/mol. The second-order valence-corrected chi connectivity index (χ2v) is 4.50. The molecule has 0 bridgehead atoms. The molecule has 0 aliphatic carbocycles. The van der Waals surface area contributed by atoms with E-state index in [9.17, 15) is 0 Å². The predicted octanol–water partition coefficient (Wildman–Crippen LogP) is 1.44. The van der Waals surface area contributed by atoms with Crippen molar-refractivity contribution < 1.29 is 0 Å². The minimum absolute atomic E-state index is 0.560. The molecule has 0 aromatic heterocycles. The molecule has 0 radical (unpaired) electrons. The van der Waals surface area contributed by atoms with Crippen LogP contribution in [0.15, 0.2) is 35.3 Å². The normalized spacial score (nSPS) is 24.4. The Kier molecular flexibility index (Phi) is 2.52. The first-order valence-corrected chi connectivity index (χ1v) is 6.02. The van der Waals surface area contributed by atoms with E-state index in [1.165, 1.54) is 12.0 Å². The Morgan fingerprint density at radius 1 is 1.25 bits per heavy atom. The van der Waals surface area contributed by atoms with E-state index in [-0.39, 0.29) is 0 Å². The molecule has 1 aromatic rings. The first kappa shape index (κ1) is 9.70. The average molecular weight is 215 g/mol. The molecule has 2 heterocycles. The molecule has 84 valence electrons. The van der Waals surface area contributed by atoms with Crippen LogP contribution >= 0.6 is 0 Å². The third-order valence-corrected chi connectivity index (χ3v) is 3.36. The summed E-state index contributed by atoms with van der Waals surface area (Å²) in [6, 6.07) is 10.7. The fourth-order valence-corrected chi connectivity index (χ4v) is 2.48. The van der Waals surface area contributed by atoms with Gasteiger partial charge in [-0.15, -0.1) is 0 Å². The van der Waals surface area contributed by atoms with Crippen LogP contribution < -0.4 is 5.32 Å². The maximum atomic E-state index is 4.64. The lowest BCUT2D eigenvalue weighted by molar-refractivity contribution is 0.325. The third-order valence-electron chi connectivity index (χ3n) is 3.36. The molecule has 2 aliphatic rings. The highest BCUT2D eigenvalue weighted by molar-refractivity contribution is 5.81. The van der Waals surface area contributed by atoms with Crippen LogP contribution in [-0.4, -0.2) is 37.0 Å². The molecule has 0 amide bonds. The molecular formula is C13H17N3. The van der Waals surface area contributed by atoms with Gasteiger partial charge >= 0.3 is 0 Å². The van der Waals surface area contributed by atoms with Gasteiger partial charge in [-0.3, -0.25) is 4.99 Å². The predicted molar refractivity (Wildman–Crippen MR) is 65.7 cm³/mol. The zero-order chi connectivity index (χ0) is 10.8. The van der Waals surface area contributed by atoms with Crippen molar-refractivity contribution in [3.05, 3.63) is 35.9 Å². The molecule has 0 spiro atoms. The van der Waals surface area contributed by atoms with E-state index >= 15 is 0 Å². The van der Waals surface area contributed by atoms with E-state index in [0.29, 0.717) is 5.92 Å². The van der Waals surface area contributed by atoms with Crippen molar-refractivity contribution in [2.24, 2.45) is 4.99 Å². The van der Waals surface area contributed by atoms with Crippen LogP contribution in [0.3, 0.4) is 0 Å². The van der Waals surface area contributed by atoms with Crippen LogP contribution in [0.25, 0.3) is 0 Å². The van der Waals surface area contributed by atoms with Gasteiger partial charge in [-0.2, -0.15) is 0 Å². The summed E-state index contributed by atoms with van der Waals surface area (Å²) < 4.78 is 0. The number of hydrogen-bond acceptors (Lipinski definition) is 3. The Morgan fingerprint density at radius 2 is 2.12 bits per heavy atom. The second-order valence-electron chi connectivity index (χ2n) is 4.50. The summed E-state index contributed by atoms with van der Waals surface area (Å²) in [4.78, 5) is 7.02. The molecule has 2 aliphatic heterocycles. The number of nitrogens with one attached hydrogen (secondary N) is 1. The highest BCUT2D eigenvalue weighted by Crippen LogP contribution is 2.21. The molecule has 16 heavy (non-hydrogen) atoms. The van der Waals surface area contributed by atoms with E-state index in [1.807, 2.05) is 0 Å². The Morgan fingerprint density at radius 3 is 3.00 bits per heavy atom. The number of fused-ring (bicyclic) bond motifs is 1. The van der Waals surface area contributed by atoms with Crippen LogP contribution in [0, 0.1) is 0 Å². The van der Waals surface area contributed by atoms with Gasteiger partial charge in [0, 0.05) is 25.6 Å². The maximum absolute atomic E-state index is 4.64. The molecule has 0 saturated carbocycles. The zero-order valence-electron chi connectivity index (χ0n) is 9.39. The lowest BCUT2D eigenvalue weighted by Crippen LogP contribution is -2.51. The zero-order valence-corrected chi connectivity index (χ0v) is 9.39. The van der Waals surface area contributed by atoms with Gasteiger partial charge < -0.3 is 10.2 Å². The number of aliphatic imine (C=N–C) groups is 1. The van der Waals surface area contributed by atoms with Crippen molar-refractivity contribution in [1.29, 1.82) is 0 Å². The largest absolute Gasteiger partial charge is 0.356 e. The third kappa shape index (κ3) is 1.77. The van der Waals surface area contributed by atoms with E-state index < -0.39 is 0 Å². The molecule has 1 N–H and O–H groups in total. The summed E-state index contributed by atoms with van der Waals surface area (Å²) in [6.45, 7) is 4.25. The molecule has 3 rings (SSSR count). The SMILES string of the molecule is c1ccc(C2CN=C3NCCCN3C2)cc1.